The third-order valence-corrected chi connectivity index (χ3v) is 3.26. The number of hydrogen-bond donors (Lipinski definition) is 1. The summed E-state index contributed by atoms with van der Waals surface area (Å²) in [6.07, 6.45) is 2.40. The fourth-order valence-electron chi connectivity index (χ4n) is 1.88. The Morgan fingerprint density at radius 1 is 1.40 bits per heavy atom. The van der Waals surface area contributed by atoms with Gasteiger partial charge in [-0.15, -0.1) is 0 Å². The number of aromatic nitrogens is 1. The first-order chi connectivity index (χ1) is 7.28. The van der Waals surface area contributed by atoms with E-state index in [0.29, 0.717) is 17.7 Å². The Balaban J connectivity index is 1.75. The normalized spacial score (nSPS) is 24.7. The number of ether oxygens (including phenoxy) is 1. The molecule has 1 aromatic rings. The lowest BCUT2D eigenvalue weighted by Gasteiger charge is -2.33. The number of rotatable bonds is 4. The number of pyridine rings is 1. The van der Waals surface area contributed by atoms with E-state index >= 15 is 0 Å². The molecule has 82 valence electrons. The molecule has 1 saturated carbocycles. The molecule has 0 unspecified atom stereocenters. The number of nitrogens with two attached hydrogens (primary N) is 1. The standard InChI is InChI=1S/C11H15BrN2O/c12-10-2-1-3-11(14-10)15-7-9-4-8(5-9)6-13/h1-3,8-9H,4-7,13H2. The van der Waals surface area contributed by atoms with Crippen LogP contribution in [0.2, 0.25) is 0 Å². The molecular formula is C11H15BrN2O. The van der Waals surface area contributed by atoms with Crippen LogP contribution < -0.4 is 10.5 Å². The highest BCUT2D eigenvalue weighted by Crippen LogP contribution is 2.32. The van der Waals surface area contributed by atoms with Crippen LogP contribution in [-0.2, 0) is 0 Å². The molecule has 1 aliphatic rings. The van der Waals surface area contributed by atoms with Gasteiger partial charge in [-0.1, -0.05) is 6.07 Å². The minimum Gasteiger partial charge on any atom is -0.477 e. The summed E-state index contributed by atoms with van der Waals surface area (Å²) in [5.74, 6) is 2.08. The molecule has 0 aromatic carbocycles. The third-order valence-electron chi connectivity index (χ3n) is 2.82. The highest BCUT2D eigenvalue weighted by Gasteiger charge is 2.28. The molecule has 1 heterocycles. The van der Waals surface area contributed by atoms with E-state index in [1.165, 1.54) is 12.8 Å². The van der Waals surface area contributed by atoms with E-state index in [2.05, 4.69) is 20.9 Å². The second-order valence-corrected chi connectivity index (χ2v) is 4.86. The fraction of sp³-hybridized carbons (Fsp3) is 0.545. The maximum Gasteiger partial charge on any atom is 0.214 e. The zero-order valence-corrected chi connectivity index (χ0v) is 10.1. The van der Waals surface area contributed by atoms with E-state index in [4.69, 9.17) is 10.5 Å². The van der Waals surface area contributed by atoms with Gasteiger partial charge in [-0.25, -0.2) is 4.98 Å². The van der Waals surface area contributed by atoms with Gasteiger partial charge in [0.15, 0.2) is 0 Å². The highest BCUT2D eigenvalue weighted by molar-refractivity contribution is 9.10. The zero-order valence-electron chi connectivity index (χ0n) is 8.53. The Morgan fingerprint density at radius 3 is 2.87 bits per heavy atom. The lowest BCUT2D eigenvalue weighted by Crippen LogP contribution is -2.33. The first-order valence-corrected chi connectivity index (χ1v) is 6.02. The molecule has 1 aliphatic carbocycles. The molecule has 0 spiro atoms. The minimum absolute atomic E-state index is 0.666. The zero-order chi connectivity index (χ0) is 10.7. The summed E-state index contributed by atoms with van der Waals surface area (Å²) < 4.78 is 6.42. The Kier molecular flexibility index (Phi) is 3.59. The van der Waals surface area contributed by atoms with Crippen molar-refractivity contribution in [2.45, 2.75) is 12.8 Å². The van der Waals surface area contributed by atoms with Gasteiger partial charge in [-0.2, -0.15) is 0 Å². The van der Waals surface area contributed by atoms with Gasteiger partial charge in [0, 0.05) is 6.07 Å². The van der Waals surface area contributed by atoms with E-state index in [9.17, 15) is 0 Å². The van der Waals surface area contributed by atoms with Gasteiger partial charge >= 0.3 is 0 Å². The van der Waals surface area contributed by atoms with Crippen molar-refractivity contribution in [3.8, 4) is 5.88 Å². The summed E-state index contributed by atoms with van der Waals surface area (Å²) >= 11 is 3.31. The molecule has 2 rings (SSSR count). The molecule has 0 radical (unpaired) electrons. The van der Waals surface area contributed by atoms with Gasteiger partial charge in [-0.3, -0.25) is 0 Å². The van der Waals surface area contributed by atoms with Crippen molar-refractivity contribution in [1.29, 1.82) is 0 Å². The van der Waals surface area contributed by atoms with Crippen LogP contribution in [0.25, 0.3) is 0 Å². The summed E-state index contributed by atoms with van der Waals surface area (Å²) in [5.41, 5.74) is 5.56. The van der Waals surface area contributed by atoms with Crippen molar-refractivity contribution < 1.29 is 4.74 Å². The Hall–Kier alpha value is -0.610. The smallest absolute Gasteiger partial charge is 0.214 e. The lowest BCUT2D eigenvalue weighted by atomic mass is 9.75. The van der Waals surface area contributed by atoms with Gasteiger partial charge in [0.2, 0.25) is 5.88 Å². The summed E-state index contributed by atoms with van der Waals surface area (Å²) in [7, 11) is 0. The predicted molar refractivity (Wildman–Crippen MR) is 62.7 cm³/mol. The number of halogens is 1. The van der Waals surface area contributed by atoms with Crippen molar-refractivity contribution in [2.24, 2.45) is 17.6 Å². The van der Waals surface area contributed by atoms with Crippen molar-refractivity contribution in [2.75, 3.05) is 13.2 Å². The third kappa shape index (κ3) is 2.92. The van der Waals surface area contributed by atoms with Crippen molar-refractivity contribution >= 4 is 15.9 Å². The van der Waals surface area contributed by atoms with E-state index in [1.54, 1.807) is 0 Å². The second-order valence-electron chi connectivity index (χ2n) is 4.05. The maximum absolute atomic E-state index is 5.60. The van der Waals surface area contributed by atoms with E-state index in [-0.39, 0.29) is 0 Å². The molecule has 0 saturated heterocycles. The SMILES string of the molecule is NCC1CC(COc2cccc(Br)n2)C1. The quantitative estimate of drug-likeness (QED) is 0.854. The minimum atomic E-state index is 0.666. The van der Waals surface area contributed by atoms with Crippen LogP contribution in [0.5, 0.6) is 5.88 Å². The lowest BCUT2D eigenvalue weighted by molar-refractivity contribution is 0.122. The molecular weight excluding hydrogens is 256 g/mol. The number of hydrogen-bond acceptors (Lipinski definition) is 3. The summed E-state index contributed by atoms with van der Waals surface area (Å²) in [6.45, 7) is 1.57. The summed E-state index contributed by atoms with van der Waals surface area (Å²) in [4.78, 5) is 4.21. The molecule has 0 amide bonds. The topological polar surface area (TPSA) is 48.1 Å². The van der Waals surface area contributed by atoms with Crippen LogP contribution in [0, 0.1) is 11.8 Å². The van der Waals surface area contributed by atoms with Crippen molar-refractivity contribution in [1.82, 2.24) is 4.98 Å². The Morgan fingerprint density at radius 2 is 2.20 bits per heavy atom. The van der Waals surface area contributed by atoms with Crippen LogP contribution in [-0.4, -0.2) is 18.1 Å². The average molecular weight is 271 g/mol. The van der Waals surface area contributed by atoms with Crippen LogP contribution in [0.15, 0.2) is 22.8 Å². The van der Waals surface area contributed by atoms with E-state index in [1.807, 2.05) is 18.2 Å². The van der Waals surface area contributed by atoms with Crippen LogP contribution in [0.3, 0.4) is 0 Å². The average Bonchev–Trinajstić information content (AvgIpc) is 2.16. The van der Waals surface area contributed by atoms with E-state index < -0.39 is 0 Å². The molecule has 0 aliphatic heterocycles. The Labute approximate surface area is 98.2 Å². The van der Waals surface area contributed by atoms with Crippen molar-refractivity contribution in [3.05, 3.63) is 22.8 Å². The fourth-order valence-corrected chi connectivity index (χ4v) is 2.20. The van der Waals surface area contributed by atoms with Gasteiger partial charge in [0.1, 0.15) is 4.60 Å². The molecule has 1 aromatic heterocycles. The van der Waals surface area contributed by atoms with Gasteiger partial charge in [-0.05, 0) is 53.2 Å². The van der Waals surface area contributed by atoms with E-state index in [0.717, 1.165) is 17.8 Å². The molecule has 0 bridgehead atoms. The van der Waals surface area contributed by atoms with Gasteiger partial charge < -0.3 is 10.5 Å². The van der Waals surface area contributed by atoms with Crippen LogP contribution >= 0.6 is 15.9 Å². The largest absolute Gasteiger partial charge is 0.477 e. The molecule has 3 nitrogen and oxygen atoms in total. The summed E-state index contributed by atoms with van der Waals surface area (Å²) in [6, 6.07) is 5.69. The molecule has 0 atom stereocenters. The molecule has 2 N–H and O–H groups in total. The number of nitrogens with zero attached hydrogens (tertiary/aromatic N) is 1. The molecule has 4 heteroatoms. The van der Waals surface area contributed by atoms with Crippen LogP contribution in [0.1, 0.15) is 12.8 Å². The monoisotopic (exact) mass is 270 g/mol. The molecule has 1 fully saturated rings. The first-order valence-electron chi connectivity index (χ1n) is 5.23. The predicted octanol–water partition coefficient (Wildman–Crippen LogP) is 2.21. The second kappa shape index (κ2) is 4.94. The van der Waals surface area contributed by atoms with Crippen molar-refractivity contribution in [3.63, 3.8) is 0 Å². The summed E-state index contributed by atoms with van der Waals surface area (Å²) in [5, 5.41) is 0. The van der Waals surface area contributed by atoms with Gasteiger partial charge in [0.25, 0.3) is 0 Å². The molecule has 15 heavy (non-hydrogen) atoms. The van der Waals surface area contributed by atoms with Gasteiger partial charge in [0.05, 0.1) is 6.61 Å². The highest BCUT2D eigenvalue weighted by atomic mass is 79.9. The Bertz CT molecular complexity index is 326. The van der Waals surface area contributed by atoms with Crippen LogP contribution in [0.4, 0.5) is 0 Å². The maximum atomic E-state index is 5.60. The first kappa shape index (κ1) is 10.9.